The number of hydrogen-bond acceptors (Lipinski definition) is 3. The summed E-state index contributed by atoms with van der Waals surface area (Å²) >= 11 is 5.22. The first-order valence-electron chi connectivity index (χ1n) is 7.00. The molecule has 2 unspecified atom stereocenters. The van der Waals surface area contributed by atoms with E-state index in [1.807, 2.05) is 24.4 Å². The predicted molar refractivity (Wildman–Crippen MR) is 88.2 cm³/mol. The highest BCUT2D eigenvalue weighted by atomic mass is 32.1. The second-order valence-corrected chi connectivity index (χ2v) is 6.20. The van der Waals surface area contributed by atoms with E-state index in [-0.39, 0.29) is 0 Å². The molecule has 0 aliphatic carbocycles. The lowest BCUT2D eigenvalue weighted by Crippen LogP contribution is -2.24. The Labute approximate surface area is 124 Å². The molecule has 1 aliphatic heterocycles. The van der Waals surface area contributed by atoms with Gasteiger partial charge in [0.1, 0.15) is 4.99 Å². The van der Waals surface area contributed by atoms with Crippen molar-refractivity contribution < 1.29 is 0 Å². The van der Waals surface area contributed by atoms with Crippen LogP contribution in [-0.4, -0.2) is 23.1 Å². The molecule has 2 N–H and O–H groups in total. The van der Waals surface area contributed by atoms with Gasteiger partial charge in [-0.25, -0.2) is 0 Å². The Morgan fingerprint density at radius 1 is 1.25 bits per heavy atom. The number of hydrogen-bond donors (Lipinski definition) is 1. The fourth-order valence-corrected chi connectivity index (χ4v) is 3.11. The van der Waals surface area contributed by atoms with E-state index in [0.29, 0.717) is 16.8 Å². The Balaban J connectivity index is 2.20. The third-order valence-electron chi connectivity index (χ3n) is 4.32. The van der Waals surface area contributed by atoms with Crippen LogP contribution >= 0.6 is 12.2 Å². The van der Waals surface area contributed by atoms with E-state index in [1.165, 1.54) is 0 Å². The second-order valence-electron chi connectivity index (χ2n) is 5.76. The van der Waals surface area contributed by atoms with Crippen molar-refractivity contribution in [3.8, 4) is 0 Å². The van der Waals surface area contributed by atoms with Gasteiger partial charge in [-0.3, -0.25) is 4.98 Å². The van der Waals surface area contributed by atoms with Crippen LogP contribution in [0.2, 0.25) is 0 Å². The van der Waals surface area contributed by atoms with Crippen molar-refractivity contribution in [2.45, 2.75) is 13.8 Å². The van der Waals surface area contributed by atoms with Gasteiger partial charge in [0.05, 0.1) is 16.8 Å². The molecule has 0 saturated carbocycles. The molecule has 1 aliphatic rings. The minimum atomic E-state index is 0.422. The lowest BCUT2D eigenvalue weighted by molar-refractivity contribution is 0.494. The summed E-state index contributed by atoms with van der Waals surface area (Å²) in [5.41, 5.74) is 8.94. The lowest BCUT2D eigenvalue weighted by atomic mass is 10.0. The number of anilines is 1. The summed E-state index contributed by atoms with van der Waals surface area (Å²) in [6.45, 7) is 6.69. The summed E-state index contributed by atoms with van der Waals surface area (Å²) in [7, 11) is 0. The number of para-hydroxylation sites is 1. The number of rotatable bonds is 2. The van der Waals surface area contributed by atoms with Crippen molar-refractivity contribution in [1.82, 2.24) is 4.98 Å². The molecular formula is C16H19N3S. The Kier molecular flexibility index (Phi) is 3.34. The molecule has 1 aromatic carbocycles. The Hall–Kier alpha value is -1.68. The highest BCUT2D eigenvalue weighted by molar-refractivity contribution is 7.80. The molecule has 4 heteroatoms. The van der Waals surface area contributed by atoms with E-state index < -0.39 is 0 Å². The zero-order chi connectivity index (χ0) is 14.3. The maximum absolute atomic E-state index is 5.91. The molecule has 20 heavy (non-hydrogen) atoms. The first-order valence-corrected chi connectivity index (χ1v) is 7.41. The molecule has 0 spiro atoms. The number of fused-ring (bicyclic) bond motifs is 1. The van der Waals surface area contributed by atoms with Gasteiger partial charge in [-0.05, 0) is 17.9 Å². The zero-order valence-corrected chi connectivity index (χ0v) is 12.7. The lowest BCUT2D eigenvalue weighted by Gasteiger charge is -2.23. The van der Waals surface area contributed by atoms with E-state index in [0.717, 1.165) is 35.2 Å². The number of nitrogens with two attached hydrogens (primary N) is 1. The molecule has 2 heterocycles. The third-order valence-corrected chi connectivity index (χ3v) is 4.54. The van der Waals surface area contributed by atoms with Crippen molar-refractivity contribution >= 4 is 33.8 Å². The summed E-state index contributed by atoms with van der Waals surface area (Å²) in [6.07, 6.45) is 1.81. The Morgan fingerprint density at radius 2 is 1.90 bits per heavy atom. The number of benzene rings is 1. The van der Waals surface area contributed by atoms with Crippen molar-refractivity contribution in [3.63, 3.8) is 0 Å². The highest BCUT2D eigenvalue weighted by Gasteiger charge is 2.29. The van der Waals surface area contributed by atoms with E-state index in [9.17, 15) is 0 Å². The van der Waals surface area contributed by atoms with E-state index in [2.05, 4.69) is 29.8 Å². The zero-order valence-electron chi connectivity index (χ0n) is 11.8. The van der Waals surface area contributed by atoms with Crippen LogP contribution in [0.4, 0.5) is 5.69 Å². The van der Waals surface area contributed by atoms with Crippen LogP contribution in [0.1, 0.15) is 19.4 Å². The van der Waals surface area contributed by atoms with Gasteiger partial charge in [0.25, 0.3) is 0 Å². The summed E-state index contributed by atoms with van der Waals surface area (Å²) in [6, 6.07) is 8.19. The van der Waals surface area contributed by atoms with Gasteiger partial charge in [-0.15, -0.1) is 0 Å². The van der Waals surface area contributed by atoms with Crippen LogP contribution in [0.5, 0.6) is 0 Å². The monoisotopic (exact) mass is 285 g/mol. The van der Waals surface area contributed by atoms with Crippen LogP contribution in [0.15, 0.2) is 30.5 Å². The van der Waals surface area contributed by atoms with E-state index in [4.69, 9.17) is 18.0 Å². The minimum Gasteiger partial charge on any atom is -0.389 e. The summed E-state index contributed by atoms with van der Waals surface area (Å²) in [4.78, 5) is 7.31. The molecule has 1 fully saturated rings. The van der Waals surface area contributed by atoms with Crippen LogP contribution in [0.25, 0.3) is 10.9 Å². The summed E-state index contributed by atoms with van der Waals surface area (Å²) in [5, 5.41) is 1.14. The van der Waals surface area contributed by atoms with Crippen LogP contribution in [0, 0.1) is 11.8 Å². The maximum atomic E-state index is 5.91. The third kappa shape index (κ3) is 2.14. The van der Waals surface area contributed by atoms with Gasteiger partial charge in [-0.2, -0.15) is 0 Å². The average molecular weight is 285 g/mol. The van der Waals surface area contributed by atoms with Crippen molar-refractivity contribution in [2.75, 3.05) is 18.0 Å². The number of aromatic nitrogens is 1. The second kappa shape index (κ2) is 5.02. The van der Waals surface area contributed by atoms with Gasteiger partial charge >= 0.3 is 0 Å². The topological polar surface area (TPSA) is 42.1 Å². The van der Waals surface area contributed by atoms with Gasteiger partial charge in [-0.1, -0.05) is 44.3 Å². The molecule has 1 aromatic heterocycles. The summed E-state index contributed by atoms with van der Waals surface area (Å²) in [5.74, 6) is 1.36. The molecule has 104 valence electrons. The molecule has 3 nitrogen and oxygen atoms in total. The largest absolute Gasteiger partial charge is 0.389 e. The molecule has 1 saturated heterocycles. The van der Waals surface area contributed by atoms with E-state index >= 15 is 0 Å². The Morgan fingerprint density at radius 3 is 2.55 bits per heavy atom. The molecule has 2 atom stereocenters. The van der Waals surface area contributed by atoms with E-state index in [1.54, 1.807) is 0 Å². The standard InChI is InChI=1S/C16H19N3S/c1-10-8-19(9-11(10)2)15-12-5-3-4-6-14(12)18-7-13(15)16(17)20/h3-7,10-11H,8-9H2,1-2H3,(H2,17,20). The van der Waals surface area contributed by atoms with Crippen LogP contribution < -0.4 is 10.6 Å². The number of thiocarbonyl (C=S) groups is 1. The van der Waals surface area contributed by atoms with Gasteiger partial charge in [0.15, 0.2) is 0 Å². The van der Waals surface area contributed by atoms with Gasteiger partial charge in [0, 0.05) is 24.7 Å². The van der Waals surface area contributed by atoms with Crippen LogP contribution in [-0.2, 0) is 0 Å². The molecule has 3 rings (SSSR count). The number of nitrogens with zero attached hydrogens (tertiary/aromatic N) is 2. The van der Waals surface area contributed by atoms with Crippen molar-refractivity contribution in [1.29, 1.82) is 0 Å². The highest BCUT2D eigenvalue weighted by Crippen LogP contribution is 2.35. The molecule has 0 bridgehead atoms. The molecule has 2 aromatic rings. The van der Waals surface area contributed by atoms with Gasteiger partial charge in [0.2, 0.25) is 0 Å². The molecular weight excluding hydrogens is 266 g/mol. The smallest absolute Gasteiger partial charge is 0.107 e. The van der Waals surface area contributed by atoms with Crippen LogP contribution in [0.3, 0.4) is 0 Å². The van der Waals surface area contributed by atoms with Crippen molar-refractivity contribution in [3.05, 3.63) is 36.0 Å². The predicted octanol–water partition coefficient (Wildman–Crippen LogP) is 2.96. The first kappa shape index (κ1) is 13.3. The fourth-order valence-electron chi connectivity index (χ4n) is 2.96. The fraction of sp³-hybridized carbons (Fsp3) is 0.375. The quantitative estimate of drug-likeness (QED) is 0.861. The SMILES string of the molecule is CC1CN(c2c(C(N)=S)cnc3ccccc23)CC1C. The summed E-state index contributed by atoms with van der Waals surface area (Å²) < 4.78 is 0. The minimum absolute atomic E-state index is 0.422. The Bertz CT molecular complexity index is 658. The first-order chi connectivity index (χ1) is 9.58. The van der Waals surface area contributed by atoms with Gasteiger partial charge < -0.3 is 10.6 Å². The van der Waals surface area contributed by atoms with Crippen molar-refractivity contribution in [2.24, 2.45) is 17.6 Å². The average Bonchev–Trinajstić information content (AvgIpc) is 2.77. The maximum Gasteiger partial charge on any atom is 0.107 e. The number of pyridine rings is 1. The normalized spacial score (nSPS) is 22.4. The molecule has 0 amide bonds. The molecule has 0 radical (unpaired) electrons.